The fourth-order valence-electron chi connectivity index (χ4n) is 3.30. The van der Waals surface area contributed by atoms with Crippen molar-refractivity contribution in [3.8, 4) is 0 Å². The Morgan fingerprint density at radius 3 is 2.25 bits per heavy atom. The molecule has 0 aromatic carbocycles. The first-order chi connectivity index (χ1) is 16.9. The second-order valence-electron chi connectivity index (χ2n) is 10.1. The molecule has 36 heavy (non-hydrogen) atoms. The Bertz CT molecular complexity index is 801. The van der Waals surface area contributed by atoms with Crippen LogP contribution in [0, 0.1) is 5.92 Å². The van der Waals surface area contributed by atoms with E-state index in [4.69, 9.17) is 9.47 Å². The molecule has 0 heterocycles. The van der Waals surface area contributed by atoms with Gasteiger partial charge in [0.25, 0.3) is 0 Å². The van der Waals surface area contributed by atoms with E-state index < -0.39 is 24.1 Å². The average Bonchev–Trinajstić information content (AvgIpc) is 2.79. The molecule has 3 atom stereocenters. The predicted molar refractivity (Wildman–Crippen MR) is 145 cm³/mol. The summed E-state index contributed by atoms with van der Waals surface area (Å²) in [6, 6.07) is -0.600. The van der Waals surface area contributed by atoms with Crippen molar-refractivity contribution in [2.45, 2.75) is 65.5 Å². The van der Waals surface area contributed by atoms with Gasteiger partial charge in [-0.25, -0.2) is 9.59 Å². The van der Waals surface area contributed by atoms with Crippen molar-refractivity contribution < 1.29 is 33.8 Å². The number of unbranched alkanes of at least 4 members (excludes halogenated alkanes) is 1. The van der Waals surface area contributed by atoms with Gasteiger partial charge in [0.2, 0.25) is 0 Å². The zero-order valence-electron chi connectivity index (χ0n) is 23.3. The minimum absolute atomic E-state index is 0.0342. The van der Waals surface area contributed by atoms with E-state index in [0.717, 1.165) is 6.42 Å². The Balaban J connectivity index is 4.36. The van der Waals surface area contributed by atoms with Gasteiger partial charge in [-0.3, -0.25) is 0 Å². The molecule has 0 saturated heterocycles. The Kier molecular flexibility index (Phi) is 17.5. The molecule has 1 unspecified atom stereocenters. The number of allylic oxidation sites excluding steroid dienone is 9. The van der Waals surface area contributed by atoms with Gasteiger partial charge in [-0.2, -0.15) is 0 Å². The largest absolute Gasteiger partial charge is 0.477 e. The fraction of sp³-hybridized carbons (Fsp3) is 0.586. The highest BCUT2D eigenvalue weighted by Gasteiger charge is 2.30. The average molecular weight is 507 g/mol. The number of esters is 1. The Labute approximate surface area is 218 Å². The summed E-state index contributed by atoms with van der Waals surface area (Å²) in [5.41, 5.74) is 1.84. The standard InChI is InChI=1S/C29H47NO6/c1-8-9-15-23(2)16-13-11-10-12-14-17-24(3)20-25(4)29(34)36-22-26(31)21-35-19-18-27(28(32)33)30(5,6)7/h10-14,16-17,20,24,26-27,31H,8-9,15,18-19,21-22H2,1-7H3/p+1/b12-10-,13-11-,17-14-,23-16-,25-20+/t24?,26-,27-/m0/s1. The summed E-state index contributed by atoms with van der Waals surface area (Å²) in [4.78, 5) is 23.5. The van der Waals surface area contributed by atoms with Gasteiger partial charge in [-0.05, 0) is 32.6 Å². The van der Waals surface area contributed by atoms with Crippen molar-refractivity contribution in [3.05, 3.63) is 59.8 Å². The minimum atomic E-state index is -0.977. The van der Waals surface area contributed by atoms with Crippen molar-refractivity contribution in [1.82, 2.24) is 0 Å². The molecule has 204 valence electrons. The number of carbonyl (C=O) groups is 2. The fourth-order valence-corrected chi connectivity index (χ4v) is 3.30. The summed E-state index contributed by atoms with van der Waals surface area (Å²) in [6.07, 6.45) is 18.7. The predicted octanol–water partition coefficient (Wildman–Crippen LogP) is 4.84. The number of carboxylic acid groups (broad SMARTS) is 1. The number of carboxylic acids is 1. The number of hydrogen-bond acceptors (Lipinski definition) is 5. The molecule has 7 heteroatoms. The maximum Gasteiger partial charge on any atom is 0.362 e. The highest BCUT2D eigenvalue weighted by atomic mass is 16.5. The number of aliphatic hydroxyl groups is 1. The van der Waals surface area contributed by atoms with Crippen LogP contribution in [0.3, 0.4) is 0 Å². The summed E-state index contributed by atoms with van der Waals surface area (Å²) in [5, 5.41) is 19.3. The zero-order valence-corrected chi connectivity index (χ0v) is 23.3. The van der Waals surface area contributed by atoms with E-state index >= 15 is 0 Å². The highest BCUT2D eigenvalue weighted by Crippen LogP contribution is 2.10. The molecular formula is C29H48NO6+. The van der Waals surface area contributed by atoms with Crippen LogP contribution in [0.2, 0.25) is 0 Å². The quantitative estimate of drug-likeness (QED) is 0.0908. The molecule has 0 aromatic rings. The van der Waals surface area contributed by atoms with Gasteiger partial charge in [-0.1, -0.05) is 74.4 Å². The molecule has 0 aliphatic carbocycles. The second-order valence-corrected chi connectivity index (χ2v) is 10.1. The lowest BCUT2D eigenvalue weighted by Crippen LogP contribution is -2.50. The van der Waals surface area contributed by atoms with Gasteiger partial charge in [-0.15, -0.1) is 0 Å². The van der Waals surface area contributed by atoms with Crippen molar-refractivity contribution in [3.63, 3.8) is 0 Å². The lowest BCUT2D eigenvalue weighted by Gasteiger charge is -2.31. The Hall–Kier alpha value is -2.48. The number of hydrogen-bond donors (Lipinski definition) is 2. The Morgan fingerprint density at radius 1 is 1.00 bits per heavy atom. The molecule has 0 rings (SSSR count). The number of ether oxygens (including phenoxy) is 2. The van der Waals surface area contributed by atoms with Crippen LogP contribution in [0.5, 0.6) is 0 Å². The maximum atomic E-state index is 12.2. The van der Waals surface area contributed by atoms with Gasteiger partial charge in [0.1, 0.15) is 12.7 Å². The molecule has 7 nitrogen and oxygen atoms in total. The molecule has 0 bridgehead atoms. The number of carbonyl (C=O) groups excluding carboxylic acids is 1. The molecule has 0 fully saturated rings. The molecule has 0 radical (unpaired) electrons. The van der Waals surface area contributed by atoms with E-state index in [1.54, 1.807) is 6.92 Å². The number of likely N-dealkylation sites (N-methyl/N-ethyl adjacent to an activating group) is 1. The molecule has 0 amide bonds. The first kappa shape index (κ1) is 33.5. The van der Waals surface area contributed by atoms with Crippen LogP contribution < -0.4 is 0 Å². The van der Waals surface area contributed by atoms with Gasteiger partial charge in [0.05, 0.1) is 34.4 Å². The van der Waals surface area contributed by atoms with Crippen LogP contribution in [0.15, 0.2) is 59.8 Å². The van der Waals surface area contributed by atoms with Gasteiger partial charge in [0, 0.05) is 12.0 Å². The van der Waals surface area contributed by atoms with E-state index in [0.29, 0.717) is 12.0 Å². The zero-order chi connectivity index (χ0) is 27.6. The number of rotatable bonds is 18. The van der Waals surface area contributed by atoms with Gasteiger partial charge >= 0.3 is 11.9 Å². The van der Waals surface area contributed by atoms with Crippen molar-refractivity contribution in [2.75, 3.05) is 41.0 Å². The minimum Gasteiger partial charge on any atom is -0.477 e. The first-order valence-corrected chi connectivity index (χ1v) is 12.7. The van der Waals surface area contributed by atoms with Crippen LogP contribution in [0.25, 0.3) is 0 Å². The van der Waals surface area contributed by atoms with E-state index in [2.05, 4.69) is 19.9 Å². The number of aliphatic carboxylic acids is 1. The summed E-state index contributed by atoms with van der Waals surface area (Å²) < 4.78 is 10.8. The molecule has 0 aliphatic heterocycles. The van der Waals surface area contributed by atoms with Gasteiger partial charge < -0.3 is 24.2 Å². The SMILES string of the molecule is CCCC\C(C)=C/C=C\C=C/C=C\C(C)/C=C(\C)C(=O)OC[C@@H](O)COCC[C@@H](C(=O)O)[N+](C)(C)C. The summed E-state index contributed by atoms with van der Waals surface area (Å²) >= 11 is 0. The third-order valence-electron chi connectivity index (χ3n) is 5.47. The third-order valence-corrected chi connectivity index (χ3v) is 5.47. The lowest BCUT2D eigenvalue weighted by molar-refractivity contribution is -0.887. The van der Waals surface area contributed by atoms with Gasteiger partial charge in [0.15, 0.2) is 6.04 Å². The van der Waals surface area contributed by atoms with Crippen LogP contribution in [0.4, 0.5) is 0 Å². The lowest BCUT2D eigenvalue weighted by atomic mass is 10.1. The van der Waals surface area contributed by atoms with E-state index in [1.807, 2.05) is 70.6 Å². The third kappa shape index (κ3) is 17.0. The molecule has 0 aromatic heterocycles. The number of aliphatic hydroxyl groups excluding tert-OH is 1. The molecule has 0 spiro atoms. The smallest absolute Gasteiger partial charge is 0.362 e. The van der Waals surface area contributed by atoms with Crippen LogP contribution in [-0.2, 0) is 19.1 Å². The monoisotopic (exact) mass is 506 g/mol. The van der Waals surface area contributed by atoms with Crippen LogP contribution in [-0.4, -0.2) is 79.7 Å². The molecular weight excluding hydrogens is 458 g/mol. The number of nitrogens with zero attached hydrogens (tertiary/aromatic N) is 1. The summed E-state index contributed by atoms with van der Waals surface area (Å²) in [6.45, 7) is 7.96. The number of quaternary nitrogens is 1. The van der Waals surface area contributed by atoms with E-state index in [9.17, 15) is 19.8 Å². The normalized spacial score (nSPS) is 16.1. The van der Waals surface area contributed by atoms with Crippen molar-refractivity contribution in [2.24, 2.45) is 5.92 Å². The summed E-state index contributed by atoms with van der Waals surface area (Å²) in [7, 11) is 5.43. The highest BCUT2D eigenvalue weighted by molar-refractivity contribution is 5.87. The van der Waals surface area contributed by atoms with Crippen molar-refractivity contribution >= 4 is 11.9 Å². The van der Waals surface area contributed by atoms with Crippen LogP contribution in [0.1, 0.15) is 53.4 Å². The van der Waals surface area contributed by atoms with Crippen molar-refractivity contribution in [1.29, 1.82) is 0 Å². The Morgan fingerprint density at radius 2 is 1.64 bits per heavy atom. The second kappa shape index (κ2) is 18.7. The van der Waals surface area contributed by atoms with E-state index in [-0.39, 0.29) is 30.2 Å². The van der Waals surface area contributed by atoms with E-state index in [1.165, 1.54) is 18.4 Å². The molecule has 0 saturated carbocycles. The first-order valence-electron chi connectivity index (χ1n) is 12.7. The van der Waals surface area contributed by atoms with Crippen LogP contribution >= 0.6 is 0 Å². The maximum absolute atomic E-state index is 12.2. The molecule has 0 aliphatic rings. The molecule has 2 N–H and O–H groups in total. The topological polar surface area (TPSA) is 93.1 Å². The summed E-state index contributed by atoms with van der Waals surface area (Å²) in [5.74, 6) is -1.34.